The first-order valence-corrected chi connectivity index (χ1v) is 5.20. The molecule has 1 aliphatic rings. The first-order chi connectivity index (χ1) is 6.60. The smallest absolute Gasteiger partial charge is 0.305 e. The van der Waals surface area contributed by atoms with Crippen LogP contribution in [0.5, 0.6) is 0 Å². The minimum absolute atomic E-state index is 0.0458. The summed E-state index contributed by atoms with van der Waals surface area (Å²) in [7, 11) is 5.74. The van der Waals surface area contributed by atoms with Gasteiger partial charge < -0.3 is 9.47 Å². The Morgan fingerprint density at radius 3 is 2.64 bits per heavy atom. The van der Waals surface area contributed by atoms with Gasteiger partial charge in [-0.2, -0.15) is 0 Å². The Bertz CT molecular complexity index is 208. The van der Waals surface area contributed by atoms with E-state index in [-0.39, 0.29) is 30.1 Å². The molecule has 1 saturated heterocycles. The number of rotatable bonds is 3. The second-order valence-electron chi connectivity index (χ2n) is 3.71. The molecule has 4 heteroatoms. The molecular weight excluding hydrogens is 179 g/mol. The number of esters is 1. The number of ether oxygens (including phenoxy) is 2. The van der Waals surface area contributed by atoms with E-state index >= 15 is 0 Å². The Morgan fingerprint density at radius 1 is 1.50 bits per heavy atom. The van der Waals surface area contributed by atoms with Gasteiger partial charge in [-0.3, -0.25) is 4.79 Å². The Balaban J connectivity index is 2.59. The summed E-state index contributed by atoms with van der Waals surface area (Å²) in [5, 5.41) is 0. The summed E-state index contributed by atoms with van der Waals surface area (Å²) in [5.41, 5.74) is 0. The van der Waals surface area contributed by atoms with E-state index in [2.05, 4.69) is 0 Å². The van der Waals surface area contributed by atoms with E-state index in [4.69, 9.17) is 17.3 Å². The van der Waals surface area contributed by atoms with Crippen molar-refractivity contribution in [3.05, 3.63) is 0 Å². The maximum Gasteiger partial charge on any atom is 0.305 e. The molecule has 4 unspecified atom stereocenters. The lowest BCUT2D eigenvalue weighted by Gasteiger charge is -2.20. The van der Waals surface area contributed by atoms with Crippen LogP contribution in [0.15, 0.2) is 0 Å². The molecule has 0 aromatic carbocycles. The Labute approximate surface area is 86.6 Å². The van der Waals surface area contributed by atoms with Crippen molar-refractivity contribution in [2.75, 3.05) is 0 Å². The van der Waals surface area contributed by atoms with Crippen LogP contribution in [0, 0.1) is 5.92 Å². The molecular formula is C10H17BO3. The lowest BCUT2D eigenvalue weighted by Crippen LogP contribution is -2.31. The fourth-order valence-corrected chi connectivity index (χ4v) is 1.68. The molecule has 0 saturated carbocycles. The minimum atomic E-state index is -0.311. The van der Waals surface area contributed by atoms with Gasteiger partial charge in [-0.05, 0) is 6.42 Å². The molecule has 2 radical (unpaired) electrons. The molecule has 4 atom stereocenters. The average Bonchev–Trinajstić information content (AvgIpc) is 2.45. The van der Waals surface area contributed by atoms with Crippen molar-refractivity contribution in [1.29, 1.82) is 0 Å². The van der Waals surface area contributed by atoms with Gasteiger partial charge in [0, 0.05) is 18.3 Å². The minimum Gasteiger partial charge on any atom is -0.459 e. The van der Waals surface area contributed by atoms with Crippen molar-refractivity contribution in [2.45, 2.75) is 51.8 Å². The standard InChI is InChI=1S/C10H17BO3/c1-4-7-9(14-8(12)5-2)6(3)10(11)13-7/h6-7,9-10H,4-5H2,1-3H3. The molecule has 1 heterocycles. The summed E-state index contributed by atoms with van der Waals surface area (Å²) in [6.45, 7) is 5.74. The van der Waals surface area contributed by atoms with Gasteiger partial charge in [0.1, 0.15) is 14.0 Å². The molecule has 1 aliphatic heterocycles. The zero-order valence-corrected chi connectivity index (χ0v) is 9.03. The van der Waals surface area contributed by atoms with Crippen LogP contribution in [0.3, 0.4) is 0 Å². The van der Waals surface area contributed by atoms with Gasteiger partial charge in [-0.25, -0.2) is 0 Å². The number of hydrogen-bond acceptors (Lipinski definition) is 3. The third-order valence-electron chi connectivity index (χ3n) is 2.69. The zero-order chi connectivity index (χ0) is 10.7. The first-order valence-electron chi connectivity index (χ1n) is 5.20. The van der Waals surface area contributed by atoms with Gasteiger partial charge in [0.2, 0.25) is 0 Å². The number of hydrogen-bond donors (Lipinski definition) is 0. The van der Waals surface area contributed by atoms with E-state index in [1.807, 2.05) is 13.8 Å². The van der Waals surface area contributed by atoms with Gasteiger partial charge in [-0.1, -0.05) is 20.8 Å². The molecule has 0 spiro atoms. The van der Waals surface area contributed by atoms with Gasteiger partial charge in [0.25, 0.3) is 0 Å². The highest BCUT2D eigenvalue weighted by molar-refractivity contribution is 6.11. The van der Waals surface area contributed by atoms with Crippen molar-refractivity contribution in [3.63, 3.8) is 0 Å². The van der Waals surface area contributed by atoms with Gasteiger partial charge in [-0.15, -0.1) is 0 Å². The topological polar surface area (TPSA) is 35.5 Å². The molecule has 0 aromatic heterocycles. The zero-order valence-electron chi connectivity index (χ0n) is 9.03. The average molecular weight is 196 g/mol. The van der Waals surface area contributed by atoms with Crippen LogP contribution < -0.4 is 0 Å². The highest BCUT2D eigenvalue weighted by atomic mass is 16.6. The third kappa shape index (κ3) is 2.29. The molecule has 1 fully saturated rings. The molecule has 3 nitrogen and oxygen atoms in total. The largest absolute Gasteiger partial charge is 0.459 e. The summed E-state index contributed by atoms with van der Waals surface area (Å²) >= 11 is 0. The SMILES string of the molecule is [B]C1OC(CC)C(OC(=O)CC)C1C. The Kier molecular flexibility index (Phi) is 3.99. The molecule has 0 aromatic rings. The lowest BCUT2D eigenvalue weighted by molar-refractivity contribution is -0.152. The van der Waals surface area contributed by atoms with E-state index in [9.17, 15) is 4.79 Å². The monoisotopic (exact) mass is 196 g/mol. The Hall–Kier alpha value is -0.505. The molecule has 0 N–H and O–H groups in total. The van der Waals surface area contributed by atoms with Crippen molar-refractivity contribution >= 4 is 13.8 Å². The second-order valence-corrected chi connectivity index (χ2v) is 3.71. The van der Waals surface area contributed by atoms with E-state index in [1.165, 1.54) is 0 Å². The predicted molar refractivity (Wildman–Crippen MR) is 54.0 cm³/mol. The molecule has 1 rings (SSSR count). The molecule has 78 valence electrons. The highest BCUT2D eigenvalue weighted by Crippen LogP contribution is 2.29. The summed E-state index contributed by atoms with van der Waals surface area (Å²) in [6, 6.07) is -0.311. The lowest BCUT2D eigenvalue weighted by atomic mass is 9.86. The fourth-order valence-electron chi connectivity index (χ4n) is 1.68. The van der Waals surface area contributed by atoms with Gasteiger partial charge in [0.05, 0.1) is 6.10 Å². The molecule has 0 aliphatic carbocycles. The second kappa shape index (κ2) is 4.83. The van der Waals surface area contributed by atoms with Crippen molar-refractivity contribution in [2.24, 2.45) is 5.92 Å². The molecule has 0 bridgehead atoms. The fraction of sp³-hybridized carbons (Fsp3) is 0.900. The van der Waals surface area contributed by atoms with Crippen molar-refractivity contribution < 1.29 is 14.3 Å². The van der Waals surface area contributed by atoms with Crippen LogP contribution >= 0.6 is 0 Å². The summed E-state index contributed by atoms with van der Waals surface area (Å²) < 4.78 is 10.8. The van der Waals surface area contributed by atoms with Crippen LogP contribution in [0.1, 0.15) is 33.6 Å². The maximum absolute atomic E-state index is 11.2. The molecule has 14 heavy (non-hydrogen) atoms. The van der Waals surface area contributed by atoms with Crippen LogP contribution in [0.4, 0.5) is 0 Å². The Morgan fingerprint density at radius 2 is 2.14 bits per heavy atom. The van der Waals surface area contributed by atoms with Crippen molar-refractivity contribution in [1.82, 2.24) is 0 Å². The normalized spacial score (nSPS) is 37.1. The number of carbonyl (C=O) groups excluding carboxylic acids is 1. The first kappa shape index (κ1) is 11.6. The van der Waals surface area contributed by atoms with Gasteiger partial charge in [0.15, 0.2) is 0 Å². The van der Waals surface area contributed by atoms with Crippen molar-refractivity contribution in [3.8, 4) is 0 Å². The van der Waals surface area contributed by atoms with Crippen LogP contribution in [0.25, 0.3) is 0 Å². The summed E-state index contributed by atoms with van der Waals surface area (Å²) in [4.78, 5) is 11.2. The summed E-state index contributed by atoms with van der Waals surface area (Å²) in [5.74, 6) is -0.103. The highest BCUT2D eigenvalue weighted by Gasteiger charge is 2.40. The van der Waals surface area contributed by atoms with Crippen LogP contribution in [-0.4, -0.2) is 32.0 Å². The van der Waals surface area contributed by atoms with E-state index < -0.39 is 0 Å². The third-order valence-corrected chi connectivity index (χ3v) is 2.69. The quantitative estimate of drug-likeness (QED) is 0.503. The number of carbonyl (C=O) groups is 1. The summed E-state index contributed by atoms with van der Waals surface area (Å²) in [6.07, 6.45) is 0.993. The van der Waals surface area contributed by atoms with E-state index in [0.29, 0.717) is 6.42 Å². The van der Waals surface area contributed by atoms with E-state index in [0.717, 1.165) is 6.42 Å². The molecule has 0 amide bonds. The van der Waals surface area contributed by atoms with Crippen LogP contribution in [0.2, 0.25) is 0 Å². The maximum atomic E-state index is 11.2. The van der Waals surface area contributed by atoms with Gasteiger partial charge >= 0.3 is 5.97 Å². The van der Waals surface area contributed by atoms with Crippen LogP contribution in [-0.2, 0) is 14.3 Å². The predicted octanol–water partition coefficient (Wildman–Crippen LogP) is 1.25. The van der Waals surface area contributed by atoms with E-state index in [1.54, 1.807) is 6.92 Å².